The number of hydrogen-bond donors (Lipinski definition) is 0. The van der Waals surface area contributed by atoms with Crippen molar-refractivity contribution in [1.29, 1.82) is 0 Å². The molecule has 0 aromatic heterocycles. The van der Waals surface area contributed by atoms with Crippen LogP contribution in [-0.4, -0.2) is 40.6 Å². The molecule has 1 amide bonds. The first-order chi connectivity index (χ1) is 15.3. The number of allylic oxidation sites excluding steroid dienone is 1. The lowest BCUT2D eigenvalue weighted by atomic mass is 9.90. The van der Waals surface area contributed by atoms with Crippen LogP contribution in [0.3, 0.4) is 0 Å². The van der Waals surface area contributed by atoms with E-state index in [1.54, 1.807) is 28.8 Å². The summed E-state index contributed by atoms with van der Waals surface area (Å²) >= 11 is 7.17. The number of amides is 1. The number of ether oxygens (including phenoxy) is 1. The van der Waals surface area contributed by atoms with Crippen molar-refractivity contribution in [1.82, 2.24) is 4.90 Å². The summed E-state index contributed by atoms with van der Waals surface area (Å²) in [5.74, 6) is -0.162. The minimum atomic E-state index is -2.01. The van der Waals surface area contributed by atoms with Crippen LogP contribution in [0.25, 0.3) is 0 Å². The SMILES string of the molecule is CC[C@H](O[Si](C)(C)C(C)(C)C)[C@@H]1C(=O)N2C(C(=S)OCc3ccc([N+](=O)[O-])cc3)=C(C)S[C@H]12. The summed E-state index contributed by atoms with van der Waals surface area (Å²) in [6.45, 7) is 15.3. The molecule has 1 aromatic rings. The van der Waals surface area contributed by atoms with Crippen LogP contribution in [0.5, 0.6) is 0 Å². The van der Waals surface area contributed by atoms with Gasteiger partial charge >= 0.3 is 0 Å². The summed E-state index contributed by atoms with van der Waals surface area (Å²) in [6.07, 6.45) is 0.664. The number of thiocarbonyl (C=S) groups is 1. The Bertz CT molecular complexity index is 988. The van der Waals surface area contributed by atoms with E-state index in [4.69, 9.17) is 21.4 Å². The third-order valence-corrected chi connectivity index (χ3v) is 12.8. The molecule has 0 spiro atoms. The molecule has 1 aromatic carbocycles. The average molecular weight is 509 g/mol. The van der Waals surface area contributed by atoms with Gasteiger partial charge in [-0.1, -0.05) is 27.7 Å². The molecule has 0 bridgehead atoms. The predicted octanol–water partition coefficient (Wildman–Crippen LogP) is 6.00. The minimum Gasteiger partial charge on any atom is -0.477 e. The van der Waals surface area contributed by atoms with E-state index in [0.717, 1.165) is 16.9 Å². The molecule has 0 saturated carbocycles. The third-order valence-electron chi connectivity index (χ3n) is 6.72. The Labute approximate surface area is 206 Å². The highest BCUT2D eigenvalue weighted by molar-refractivity contribution is 8.04. The van der Waals surface area contributed by atoms with Gasteiger partial charge in [0, 0.05) is 17.0 Å². The van der Waals surface area contributed by atoms with Gasteiger partial charge in [0.1, 0.15) is 17.7 Å². The monoisotopic (exact) mass is 508 g/mol. The molecule has 3 atom stereocenters. The maximum atomic E-state index is 13.2. The van der Waals surface area contributed by atoms with Crippen molar-refractivity contribution in [3.63, 3.8) is 0 Å². The quantitative estimate of drug-likeness (QED) is 0.140. The number of fused-ring (bicyclic) bond motifs is 1. The third kappa shape index (κ3) is 5.03. The number of β-lactam (4-membered cyclic amide) rings is 1. The zero-order chi connectivity index (χ0) is 24.7. The minimum absolute atomic E-state index is 0.0249. The van der Waals surface area contributed by atoms with Gasteiger partial charge in [-0.15, -0.1) is 11.8 Å². The fourth-order valence-electron chi connectivity index (χ4n) is 3.74. The Morgan fingerprint density at radius 3 is 2.42 bits per heavy atom. The van der Waals surface area contributed by atoms with Crippen molar-refractivity contribution in [3.05, 3.63) is 50.5 Å². The van der Waals surface area contributed by atoms with Gasteiger partial charge in [0.05, 0.1) is 16.9 Å². The first kappa shape index (κ1) is 25.9. The van der Waals surface area contributed by atoms with Gasteiger partial charge in [-0.25, -0.2) is 0 Å². The highest BCUT2D eigenvalue weighted by Crippen LogP contribution is 2.52. The van der Waals surface area contributed by atoms with Crippen LogP contribution in [0.2, 0.25) is 18.1 Å². The topological polar surface area (TPSA) is 81.9 Å². The van der Waals surface area contributed by atoms with E-state index in [0.29, 0.717) is 5.70 Å². The van der Waals surface area contributed by atoms with Crippen molar-refractivity contribution in [2.75, 3.05) is 0 Å². The summed E-state index contributed by atoms with van der Waals surface area (Å²) in [5.41, 5.74) is 1.45. The molecular formula is C23H32N2O5S2Si. The Hall–Kier alpha value is -1.75. The molecular weight excluding hydrogens is 476 g/mol. The molecule has 0 aliphatic carbocycles. The van der Waals surface area contributed by atoms with Gasteiger partial charge in [-0.2, -0.15) is 0 Å². The highest BCUT2D eigenvalue weighted by Gasteiger charge is 2.58. The van der Waals surface area contributed by atoms with Gasteiger partial charge in [0.2, 0.25) is 11.0 Å². The van der Waals surface area contributed by atoms with Crippen LogP contribution in [0.1, 0.15) is 46.6 Å². The number of carbonyl (C=O) groups excluding carboxylic acids is 1. The second kappa shape index (κ2) is 9.48. The summed E-state index contributed by atoms with van der Waals surface area (Å²) in [6, 6.07) is 6.15. The van der Waals surface area contributed by atoms with Crippen LogP contribution in [0, 0.1) is 16.0 Å². The molecule has 10 heteroatoms. The van der Waals surface area contributed by atoms with Gasteiger partial charge in [-0.3, -0.25) is 19.8 Å². The number of hydrogen-bond acceptors (Lipinski definition) is 7. The van der Waals surface area contributed by atoms with Gasteiger partial charge in [0.25, 0.3) is 5.69 Å². The zero-order valence-electron chi connectivity index (χ0n) is 20.2. The fraction of sp³-hybridized carbons (Fsp3) is 0.565. The lowest BCUT2D eigenvalue weighted by Crippen LogP contribution is -2.63. The average Bonchev–Trinajstić information content (AvgIpc) is 3.03. The first-order valence-electron chi connectivity index (χ1n) is 11.1. The van der Waals surface area contributed by atoms with E-state index in [1.807, 2.05) is 6.92 Å². The molecule has 1 fully saturated rings. The summed E-state index contributed by atoms with van der Waals surface area (Å²) < 4.78 is 12.4. The molecule has 7 nitrogen and oxygen atoms in total. The number of rotatable bonds is 8. The smallest absolute Gasteiger partial charge is 0.269 e. The Morgan fingerprint density at radius 2 is 1.91 bits per heavy atom. The number of nitro groups is 1. The molecule has 0 radical (unpaired) electrons. The highest BCUT2D eigenvalue weighted by atomic mass is 32.2. The van der Waals surface area contributed by atoms with E-state index in [1.165, 1.54) is 12.1 Å². The Kier molecular flexibility index (Phi) is 7.43. The number of benzene rings is 1. The fourth-order valence-corrected chi connectivity index (χ4v) is 6.95. The number of nitro benzene ring substituents is 1. The summed E-state index contributed by atoms with van der Waals surface area (Å²) in [7, 11) is -2.01. The molecule has 2 aliphatic rings. The predicted molar refractivity (Wildman–Crippen MR) is 137 cm³/mol. The van der Waals surface area contributed by atoms with Gasteiger partial charge in [0.15, 0.2) is 8.32 Å². The van der Waals surface area contributed by atoms with E-state index < -0.39 is 13.2 Å². The van der Waals surface area contributed by atoms with E-state index >= 15 is 0 Å². The maximum Gasteiger partial charge on any atom is 0.269 e. The number of non-ortho nitro benzene ring substituents is 1. The molecule has 33 heavy (non-hydrogen) atoms. The number of carbonyl (C=O) groups is 1. The first-order valence-corrected chi connectivity index (χ1v) is 15.3. The van der Waals surface area contributed by atoms with Crippen LogP contribution < -0.4 is 0 Å². The Morgan fingerprint density at radius 1 is 1.30 bits per heavy atom. The summed E-state index contributed by atoms with van der Waals surface area (Å²) in [5, 5.41) is 11.1. The van der Waals surface area contributed by atoms with Crippen molar-refractivity contribution < 1.29 is 18.9 Å². The van der Waals surface area contributed by atoms with Crippen molar-refractivity contribution in [2.45, 2.75) is 77.3 Å². The van der Waals surface area contributed by atoms with Crippen LogP contribution >= 0.6 is 24.0 Å². The second-order valence-electron chi connectivity index (χ2n) is 9.97. The lowest BCUT2D eigenvalue weighted by Gasteiger charge is -2.49. The van der Waals surface area contributed by atoms with Crippen LogP contribution in [0.4, 0.5) is 5.69 Å². The van der Waals surface area contributed by atoms with E-state index in [9.17, 15) is 14.9 Å². The van der Waals surface area contributed by atoms with E-state index in [2.05, 4.69) is 40.8 Å². The molecule has 0 N–H and O–H groups in total. The molecule has 1 saturated heterocycles. The van der Waals surface area contributed by atoms with Crippen LogP contribution in [0.15, 0.2) is 34.9 Å². The number of nitrogens with zero attached hydrogens (tertiary/aromatic N) is 2. The van der Waals surface area contributed by atoms with Crippen molar-refractivity contribution in [2.24, 2.45) is 5.92 Å². The van der Waals surface area contributed by atoms with Gasteiger partial charge in [-0.05, 0) is 61.4 Å². The normalized spacial score (nSPS) is 21.5. The van der Waals surface area contributed by atoms with Gasteiger partial charge < -0.3 is 9.16 Å². The lowest BCUT2D eigenvalue weighted by molar-refractivity contribution is -0.384. The molecule has 3 rings (SSSR count). The molecule has 2 heterocycles. The number of thioether (sulfide) groups is 1. The standard InChI is InChI=1S/C23H32N2O5S2Si/c1-8-17(30-33(6,7)23(3,4)5)18-20(26)24-19(14(2)32-21(18)24)22(31)29-13-15-9-11-16(12-10-15)25(27)28/h9-12,17-18,21H,8,13H2,1-7H3/t17-,18+,21+/m0/s1. The van der Waals surface area contributed by atoms with Crippen molar-refractivity contribution >= 4 is 48.9 Å². The maximum absolute atomic E-state index is 13.2. The molecule has 180 valence electrons. The van der Waals surface area contributed by atoms with Crippen LogP contribution in [-0.2, 0) is 20.6 Å². The Balaban J connectivity index is 1.66. The second-order valence-corrected chi connectivity index (χ2v) is 16.4. The zero-order valence-corrected chi connectivity index (χ0v) is 22.8. The van der Waals surface area contributed by atoms with Crippen molar-refractivity contribution in [3.8, 4) is 0 Å². The molecule has 0 unspecified atom stereocenters. The summed E-state index contributed by atoms with van der Waals surface area (Å²) in [4.78, 5) is 26.3. The largest absolute Gasteiger partial charge is 0.477 e. The van der Waals surface area contributed by atoms with E-state index in [-0.39, 0.29) is 45.7 Å². The molecule has 2 aliphatic heterocycles.